The number of nitro benzene ring substituents is 2. The minimum Gasteiger partial charge on any atom is -0.305 e. The first-order valence-electron chi connectivity index (χ1n) is 7.56. The summed E-state index contributed by atoms with van der Waals surface area (Å²) in [4.78, 5) is 37.5. The van der Waals surface area contributed by atoms with Gasteiger partial charge in [0.25, 0.3) is 17.3 Å². The van der Waals surface area contributed by atoms with Crippen LogP contribution >= 0.6 is 22.9 Å². The van der Waals surface area contributed by atoms with Crippen LogP contribution in [0.5, 0.6) is 0 Å². The van der Waals surface area contributed by atoms with Crippen molar-refractivity contribution < 1.29 is 14.6 Å². The first kappa shape index (κ1) is 19.2. The maximum Gasteiger partial charge on any atom is 0.281 e. The summed E-state index contributed by atoms with van der Waals surface area (Å²) in [6, 6.07) is 7.66. The second-order valence-corrected chi connectivity index (χ2v) is 6.84. The number of aromatic nitrogens is 1. The second kappa shape index (κ2) is 7.59. The monoisotopic (exact) mass is 416 g/mol. The molecule has 0 N–H and O–H groups in total. The molecule has 1 amide bonds. The van der Waals surface area contributed by atoms with Crippen LogP contribution in [-0.2, 0) is 6.54 Å². The third-order valence-electron chi connectivity index (χ3n) is 3.71. The molecule has 1 heterocycles. The number of nitrogens with zero attached hydrogens (tertiary/aromatic N) is 4. The molecule has 0 aliphatic heterocycles. The van der Waals surface area contributed by atoms with E-state index in [1.165, 1.54) is 30.3 Å². The fraction of sp³-hybridized carbons (Fsp3) is 0.0588. The molecule has 0 aliphatic rings. The lowest BCUT2D eigenvalue weighted by Gasteiger charge is -2.01. The lowest BCUT2D eigenvalue weighted by molar-refractivity contribution is -0.385. The number of benzene rings is 2. The number of halogens is 1. The highest BCUT2D eigenvalue weighted by Crippen LogP contribution is 2.25. The standard InChI is InChI=1S/C17H9ClN4O5S/c1-2-7-20-14-6-4-11(22(26)27)9-15(14)28-17(20)19-16(23)12-8-10(21(24)25)3-5-13(12)18/h1,3-6,8-9H,7H2. The van der Waals surface area contributed by atoms with Crippen LogP contribution in [0.1, 0.15) is 10.4 Å². The summed E-state index contributed by atoms with van der Waals surface area (Å²) < 4.78 is 2.06. The molecule has 0 fully saturated rings. The van der Waals surface area contributed by atoms with E-state index < -0.39 is 15.8 Å². The Morgan fingerprint density at radius 1 is 1.18 bits per heavy atom. The zero-order valence-corrected chi connectivity index (χ0v) is 15.4. The number of terminal acetylenes is 1. The summed E-state index contributed by atoms with van der Waals surface area (Å²) in [6.07, 6.45) is 5.38. The van der Waals surface area contributed by atoms with Crippen molar-refractivity contribution in [2.45, 2.75) is 6.54 Å². The molecule has 3 rings (SSSR count). The van der Waals surface area contributed by atoms with Crippen LogP contribution in [0.3, 0.4) is 0 Å². The molecule has 0 unspecified atom stereocenters. The quantitative estimate of drug-likeness (QED) is 0.366. The Hall–Kier alpha value is -3.55. The Bertz CT molecular complexity index is 1250. The maximum absolute atomic E-state index is 12.6. The third kappa shape index (κ3) is 3.62. The molecule has 0 atom stereocenters. The highest BCUT2D eigenvalue weighted by atomic mass is 35.5. The summed E-state index contributed by atoms with van der Waals surface area (Å²) in [7, 11) is 0. The van der Waals surface area contributed by atoms with Crippen LogP contribution in [-0.4, -0.2) is 20.3 Å². The van der Waals surface area contributed by atoms with Crippen molar-refractivity contribution in [2.24, 2.45) is 4.99 Å². The molecule has 9 nitrogen and oxygen atoms in total. The van der Waals surface area contributed by atoms with E-state index in [9.17, 15) is 25.0 Å². The Morgan fingerprint density at radius 2 is 1.82 bits per heavy atom. The Morgan fingerprint density at radius 3 is 2.46 bits per heavy atom. The summed E-state index contributed by atoms with van der Waals surface area (Å²) in [5.41, 5.74) is 0.0319. The number of non-ortho nitro benzene ring substituents is 2. The van der Waals surface area contributed by atoms with E-state index in [1.54, 1.807) is 4.57 Å². The fourth-order valence-corrected chi connectivity index (χ4v) is 3.70. The molecule has 0 radical (unpaired) electrons. The van der Waals surface area contributed by atoms with E-state index in [0.29, 0.717) is 10.2 Å². The highest BCUT2D eigenvalue weighted by molar-refractivity contribution is 7.16. The van der Waals surface area contributed by atoms with Crippen LogP contribution in [0, 0.1) is 32.6 Å². The molecular weight excluding hydrogens is 408 g/mol. The van der Waals surface area contributed by atoms with Crippen LogP contribution in [0.2, 0.25) is 5.02 Å². The average molecular weight is 417 g/mol. The minimum absolute atomic E-state index is 0.0135. The molecule has 1 aromatic heterocycles. The van der Waals surface area contributed by atoms with Crippen molar-refractivity contribution in [1.29, 1.82) is 0 Å². The molecule has 28 heavy (non-hydrogen) atoms. The van der Waals surface area contributed by atoms with Crippen molar-refractivity contribution >= 4 is 50.4 Å². The van der Waals surface area contributed by atoms with Gasteiger partial charge in [0, 0.05) is 24.3 Å². The van der Waals surface area contributed by atoms with Crippen molar-refractivity contribution in [3.8, 4) is 12.3 Å². The number of amides is 1. The largest absolute Gasteiger partial charge is 0.305 e. The van der Waals surface area contributed by atoms with Gasteiger partial charge in [-0.1, -0.05) is 28.9 Å². The molecule has 0 saturated carbocycles. The zero-order chi connectivity index (χ0) is 20.4. The number of carbonyl (C=O) groups is 1. The first-order valence-corrected chi connectivity index (χ1v) is 8.75. The van der Waals surface area contributed by atoms with E-state index in [2.05, 4.69) is 10.9 Å². The Balaban J connectivity index is 2.18. The molecule has 0 bridgehead atoms. The van der Waals surface area contributed by atoms with Gasteiger partial charge >= 0.3 is 0 Å². The van der Waals surface area contributed by atoms with Gasteiger partial charge in [-0.25, -0.2) is 0 Å². The lowest BCUT2D eigenvalue weighted by atomic mass is 10.2. The van der Waals surface area contributed by atoms with Gasteiger partial charge in [-0.2, -0.15) is 4.99 Å². The van der Waals surface area contributed by atoms with Crippen LogP contribution < -0.4 is 4.80 Å². The molecule has 0 aliphatic carbocycles. The van der Waals surface area contributed by atoms with Crippen molar-refractivity contribution in [1.82, 2.24) is 4.57 Å². The van der Waals surface area contributed by atoms with Gasteiger partial charge in [0.15, 0.2) is 4.80 Å². The predicted octanol–water partition coefficient (Wildman–Crippen LogP) is 3.55. The number of thiazole rings is 1. The smallest absolute Gasteiger partial charge is 0.281 e. The molecule has 0 saturated heterocycles. The number of hydrogen-bond acceptors (Lipinski definition) is 6. The van der Waals surface area contributed by atoms with Gasteiger partial charge in [-0.3, -0.25) is 25.0 Å². The van der Waals surface area contributed by atoms with Crippen molar-refractivity contribution in [3.05, 3.63) is 72.0 Å². The molecule has 140 valence electrons. The van der Waals surface area contributed by atoms with Crippen LogP contribution in [0.15, 0.2) is 41.4 Å². The van der Waals surface area contributed by atoms with E-state index >= 15 is 0 Å². The van der Waals surface area contributed by atoms with Gasteiger partial charge in [-0.05, 0) is 12.1 Å². The van der Waals surface area contributed by atoms with E-state index in [4.69, 9.17) is 18.0 Å². The van der Waals surface area contributed by atoms with Crippen LogP contribution in [0.4, 0.5) is 11.4 Å². The summed E-state index contributed by atoms with van der Waals surface area (Å²) >= 11 is 7.02. The number of rotatable bonds is 4. The van der Waals surface area contributed by atoms with E-state index in [1.807, 2.05) is 0 Å². The molecule has 0 spiro atoms. The topological polar surface area (TPSA) is 121 Å². The third-order valence-corrected chi connectivity index (χ3v) is 5.09. The zero-order valence-electron chi connectivity index (χ0n) is 13.9. The summed E-state index contributed by atoms with van der Waals surface area (Å²) in [6.45, 7) is 0.0760. The summed E-state index contributed by atoms with van der Waals surface area (Å²) in [5, 5.41) is 21.9. The van der Waals surface area contributed by atoms with E-state index in [-0.39, 0.29) is 33.3 Å². The molecule has 11 heteroatoms. The Kier molecular flexibility index (Phi) is 5.21. The average Bonchev–Trinajstić information content (AvgIpc) is 2.98. The lowest BCUT2D eigenvalue weighted by Crippen LogP contribution is -2.16. The van der Waals surface area contributed by atoms with Gasteiger partial charge in [0.1, 0.15) is 0 Å². The number of carbonyl (C=O) groups excluding carboxylic acids is 1. The number of hydrogen-bond donors (Lipinski definition) is 0. The highest BCUT2D eigenvalue weighted by Gasteiger charge is 2.17. The van der Waals surface area contributed by atoms with Gasteiger partial charge in [0.05, 0.1) is 37.2 Å². The predicted molar refractivity (Wildman–Crippen MR) is 103 cm³/mol. The van der Waals surface area contributed by atoms with Gasteiger partial charge in [0.2, 0.25) is 0 Å². The Labute approximate surface area is 165 Å². The van der Waals surface area contributed by atoms with Crippen LogP contribution in [0.25, 0.3) is 10.2 Å². The normalized spacial score (nSPS) is 11.4. The maximum atomic E-state index is 12.6. The van der Waals surface area contributed by atoms with Crippen molar-refractivity contribution in [2.75, 3.05) is 0 Å². The van der Waals surface area contributed by atoms with Crippen molar-refractivity contribution in [3.63, 3.8) is 0 Å². The first-order chi connectivity index (χ1) is 13.3. The second-order valence-electron chi connectivity index (χ2n) is 5.42. The number of nitro groups is 2. The molecule has 3 aromatic rings. The minimum atomic E-state index is -0.791. The SMILES string of the molecule is C#CCn1c(=NC(=O)c2cc([N+](=O)[O-])ccc2Cl)sc2cc([N+](=O)[O-])ccc21. The van der Waals surface area contributed by atoms with Gasteiger partial charge < -0.3 is 4.57 Å². The molecule has 2 aromatic carbocycles. The summed E-state index contributed by atoms with van der Waals surface area (Å²) in [5.74, 6) is 1.65. The molecular formula is C17H9ClN4O5S. The fourth-order valence-electron chi connectivity index (χ4n) is 2.44. The van der Waals surface area contributed by atoms with Gasteiger partial charge in [-0.15, -0.1) is 6.42 Å². The number of fused-ring (bicyclic) bond motifs is 1. The van der Waals surface area contributed by atoms with E-state index in [0.717, 1.165) is 17.4 Å².